The molecule has 0 radical (unpaired) electrons. The van der Waals surface area contributed by atoms with Gasteiger partial charge in [-0.25, -0.2) is 9.97 Å². The highest BCUT2D eigenvalue weighted by molar-refractivity contribution is 7.80. The van der Waals surface area contributed by atoms with Crippen molar-refractivity contribution >= 4 is 23.7 Å². The van der Waals surface area contributed by atoms with Gasteiger partial charge in [0.2, 0.25) is 0 Å². The molecule has 0 aliphatic rings. The number of fused-ring (bicyclic) bond motifs is 1. The smallest absolute Gasteiger partial charge is 0.186 e. The number of hydrogen-bond donors (Lipinski definition) is 2. The molecular formula is C6H5N3S. The van der Waals surface area contributed by atoms with Crippen molar-refractivity contribution in [2.45, 2.75) is 5.16 Å². The molecule has 10 heavy (non-hydrogen) atoms. The van der Waals surface area contributed by atoms with Gasteiger partial charge in [0, 0.05) is 17.8 Å². The molecule has 1 N–H and O–H groups in total. The van der Waals surface area contributed by atoms with Gasteiger partial charge < -0.3 is 4.98 Å². The van der Waals surface area contributed by atoms with E-state index in [0.717, 1.165) is 11.0 Å². The molecule has 2 aromatic rings. The van der Waals surface area contributed by atoms with Crippen molar-refractivity contribution < 1.29 is 0 Å². The van der Waals surface area contributed by atoms with Gasteiger partial charge in [-0.2, -0.15) is 0 Å². The van der Waals surface area contributed by atoms with Crippen molar-refractivity contribution in [1.82, 2.24) is 15.0 Å². The lowest BCUT2D eigenvalue weighted by atomic mass is 10.4. The van der Waals surface area contributed by atoms with Crippen LogP contribution < -0.4 is 0 Å². The molecule has 2 aromatic heterocycles. The second-order valence-corrected chi connectivity index (χ2v) is 2.35. The Labute approximate surface area is 62.9 Å². The molecule has 4 heteroatoms. The molecule has 2 heterocycles. The van der Waals surface area contributed by atoms with Crippen LogP contribution in [0, 0.1) is 0 Å². The summed E-state index contributed by atoms with van der Waals surface area (Å²) in [5.41, 5.74) is 0.833. The SMILES string of the molecule is Sc1ncc2cc[nH]c2n1. The van der Waals surface area contributed by atoms with E-state index < -0.39 is 0 Å². The zero-order valence-electron chi connectivity index (χ0n) is 5.07. The predicted molar refractivity (Wildman–Crippen MR) is 41.1 cm³/mol. The summed E-state index contributed by atoms with van der Waals surface area (Å²) in [5, 5.41) is 1.51. The summed E-state index contributed by atoms with van der Waals surface area (Å²) in [6.45, 7) is 0. The third-order valence-electron chi connectivity index (χ3n) is 1.29. The fraction of sp³-hybridized carbons (Fsp3) is 0. The number of aromatic amines is 1. The zero-order chi connectivity index (χ0) is 6.97. The van der Waals surface area contributed by atoms with Gasteiger partial charge in [-0.3, -0.25) is 0 Å². The lowest BCUT2D eigenvalue weighted by Crippen LogP contribution is -1.81. The average Bonchev–Trinajstić information content (AvgIpc) is 2.33. The fourth-order valence-electron chi connectivity index (χ4n) is 0.830. The van der Waals surface area contributed by atoms with E-state index in [1.165, 1.54) is 0 Å². The quantitative estimate of drug-likeness (QED) is 0.439. The molecule has 50 valence electrons. The molecule has 0 bridgehead atoms. The van der Waals surface area contributed by atoms with Gasteiger partial charge in [0.25, 0.3) is 0 Å². The normalized spacial score (nSPS) is 10.5. The molecule has 0 saturated heterocycles. The monoisotopic (exact) mass is 151 g/mol. The van der Waals surface area contributed by atoms with Crippen LogP contribution in [0.1, 0.15) is 0 Å². The number of nitrogens with one attached hydrogen (secondary N) is 1. The molecule has 0 unspecified atom stereocenters. The van der Waals surface area contributed by atoms with Crippen LogP contribution >= 0.6 is 12.6 Å². The number of thiol groups is 1. The van der Waals surface area contributed by atoms with E-state index in [-0.39, 0.29) is 0 Å². The topological polar surface area (TPSA) is 41.6 Å². The Morgan fingerprint density at radius 2 is 2.40 bits per heavy atom. The Kier molecular flexibility index (Phi) is 1.14. The first kappa shape index (κ1) is 5.73. The second kappa shape index (κ2) is 1.98. The van der Waals surface area contributed by atoms with Crippen molar-refractivity contribution in [2.24, 2.45) is 0 Å². The first-order valence-corrected chi connectivity index (χ1v) is 3.30. The first-order valence-electron chi connectivity index (χ1n) is 2.85. The predicted octanol–water partition coefficient (Wildman–Crippen LogP) is 1.25. The second-order valence-electron chi connectivity index (χ2n) is 1.95. The van der Waals surface area contributed by atoms with Crippen LogP contribution in [0.2, 0.25) is 0 Å². The Morgan fingerprint density at radius 3 is 3.30 bits per heavy atom. The summed E-state index contributed by atoms with van der Waals surface area (Å²) in [5.74, 6) is 0. The number of H-pyrrole nitrogens is 1. The molecule has 0 spiro atoms. The highest BCUT2D eigenvalue weighted by Crippen LogP contribution is 2.08. The fourth-order valence-corrected chi connectivity index (χ4v) is 0.988. The lowest BCUT2D eigenvalue weighted by Gasteiger charge is -1.88. The van der Waals surface area contributed by atoms with Gasteiger partial charge >= 0.3 is 0 Å². The Hall–Kier alpha value is -1.03. The van der Waals surface area contributed by atoms with Crippen molar-refractivity contribution in [3.05, 3.63) is 18.5 Å². The molecular weight excluding hydrogens is 146 g/mol. The third kappa shape index (κ3) is 0.769. The van der Waals surface area contributed by atoms with Crippen LogP contribution in [0.4, 0.5) is 0 Å². The van der Waals surface area contributed by atoms with Gasteiger partial charge in [0.05, 0.1) is 0 Å². The summed E-state index contributed by atoms with van der Waals surface area (Å²) in [4.78, 5) is 10.9. The van der Waals surface area contributed by atoms with Crippen LogP contribution in [0.5, 0.6) is 0 Å². The Morgan fingerprint density at radius 1 is 1.50 bits per heavy atom. The summed E-state index contributed by atoms with van der Waals surface area (Å²) in [6.07, 6.45) is 3.56. The van der Waals surface area contributed by atoms with E-state index in [0.29, 0.717) is 5.16 Å². The summed E-state index contributed by atoms with van der Waals surface area (Å²) in [7, 11) is 0. The van der Waals surface area contributed by atoms with E-state index in [4.69, 9.17) is 0 Å². The van der Waals surface area contributed by atoms with Crippen LogP contribution in [0.15, 0.2) is 23.6 Å². The van der Waals surface area contributed by atoms with Gasteiger partial charge in [0.1, 0.15) is 5.65 Å². The maximum absolute atomic E-state index is 4.03. The molecule has 0 aliphatic heterocycles. The molecule has 3 nitrogen and oxygen atoms in total. The van der Waals surface area contributed by atoms with Crippen LogP contribution in [-0.2, 0) is 0 Å². The number of hydrogen-bond acceptors (Lipinski definition) is 3. The minimum absolute atomic E-state index is 0.495. The van der Waals surface area contributed by atoms with E-state index >= 15 is 0 Å². The van der Waals surface area contributed by atoms with Gasteiger partial charge in [-0.1, -0.05) is 0 Å². The van der Waals surface area contributed by atoms with E-state index in [2.05, 4.69) is 27.6 Å². The van der Waals surface area contributed by atoms with Crippen LogP contribution in [0.3, 0.4) is 0 Å². The molecule has 0 amide bonds. The lowest BCUT2D eigenvalue weighted by molar-refractivity contribution is 1.00. The zero-order valence-corrected chi connectivity index (χ0v) is 5.97. The Bertz CT molecular complexity index is 355. The summed E-state index contributed by atoms with van der Waals surface area (Å²) >= 11 is 3.99. The highest BCUT2D eigenvalue weighted by Gasteiger charge is 1.94. The van der Waals surface area contributed by atoms with Crippen molar-refractivity contribution in [3.63, 3.8) is 0 Å². The maximum Gasteiger partial charge on any atom is 0.186 e. The van der Waals surface area contributed by atoms with E-state index in [1.54, 1.807) is 6.20 Å². The number of nitrogens with zero attached hydrogens (tertiary/aromatic N) is 2. The van der Waals surface area contributed by atoms with Crippen LogP contribution in [0.25, 0.3) is 11.0 Å². The minimum atomic E-state index is 0.495. The molecule has 2 rings (SSSR count). The summed E-state index contributed by atoms with van der Waals surface area (Å²) < 4.78 is 0. The Balaban J connectivity index is 2.86. The minimum Gasteiger partial charge on any atom is -0.346 e. The molecule has 0 aliphatic carbocycles. The van der Waals surface area contributed by atoms with Gasteiger partial charge in [0.15, 0.2) is 5.16 Å². The standard InChI is InChI=1S/C6H5N3S/c10-6-8-3-4-1-2-7-5(4)9-6/h1-3H,(H2,7,8,9,10). The largest absolute Gasteiger partial charge is 0.346 e. The highest BCUT2D eigenvalue weighted by atomic mass is 32.1. The molecule has 0 fully saturated rings. The van der Waals surface area contributed by atoms with Gasteiger partial charge in [-0.05, 0) is 6.07 Å². The third-order valence-corrected chi connectivity index (χ3v) is 1.50. The van der Waals surface area contributed by atoms with Crippen LogP contribution in [-0.4, -0.2) is 15.0 Å². The van der Waals surface area contributed by atoms with Crippen molar-refractivity contribution in [2.75, 3.05) is 0 Å². The van der Waals surface area contributed by atoms with Crippen molar-refractivity contribution in [3.8, 4) is 0 Å². The van der Waals surface area contributed by atoms with Gasteiger partial charge in [-0.15, -0.1) is 12.6 Å². The number of rotatable bonds is 0. The maximum atomic E-state index is 4.03. The first-order chi connectivity index (χ1) is 4.86. The number of aromatic nitrogens is 3. The summed E-state index contributed by atoms with van der Waals surface area (Å²) in [6, 6.07) is 1.92. The van der Waals surface area contributed by atoms with E-state index in [9.17, 15) is 0 Å². The molecule has 0 atom stereocenters. The molecule has 0 saturated carbocycles. The molecule has 0 aromatic carbocycles. The van der Waals surface area contributed by atoms with Crippen molar-refractivity contribution in [1.29, 1.82) is 0 Å². The average molecular weight is 151 g/mol. The van der Waals surface area contributed by atoms with E-state index in [1.807, 2.05) is 12.3 Å².